The van der Waals surface area contributed by atoms with E-state index in [0.717, 1.165) is 25.2 Å². The van der Waals surface area contributed by atoms with Gasteiger partial charge in [0.25, 0.3) is 0 Å². The predicted octanol–water partition coefficient (Wildman–Crippen LogP) is 1.29. The summed E-state index contributed by atoms with van der Waals surface area (Å²) in [5, 5.41) is 3.14. The molecule has 0 spiro atoms. The highest BCUT2D eigenvalue weighted by Crippen LogP contribution is 2.32. The molecule has 0 bridgehead atoms. The molecule has 1 aromatic rings. The van der Waals surface area contributed by atoms with Crippen molar-refractivity contribution >= 4 is 22.4 Å². The molecule has 1 aliphatic heterocycles. The number of hydrogen-bond donors (Lipinski definition) is 2. The second-order valence-corrected chi connectivity index (χ2v) is 6.47. The van der Waals surface area contributed by atoms with Crippen molar-refractivity contribution in [1.82, 2.24) is 10.0 Å². The van der Waals surface area contributed by atoms with Crippen LogP contribution in [0.3, 0.4) is 0 Å². The number of halogens is 2. The fourth-order valence-corrected chi connectivity index (χ4v) is 3.64. The van der Waals surface area contributed by atoms with E-state index in [1.165, 1.54) is 14.2 Å². The van der Waals surface area contributed by atoms with Crippen LogP contribution in [0.5, 0.6) is 11.5 Å². The molecule has 6 nitrogen and oxygen atoms in total. The molecule has 2 N–H and O–H groups in total. The summed E-state index contributed by atoms with van der Waals surface area (Å²) in [6, 6.07) is 1.96. The number of hydrogen-bond acceptors (Lipinski definition) is 5. The second-order valence-electron chi connectivity index (χ2n) is 4.78. The molecule has 0 aromatic heterocycles. The second kappa shape index (κ2) is 7.96. The van der Waals surface area contributed by atoms with Crippen molar-refractivity contribution in [1.29, 1.82) is 0 Å². The summed E-state index contributed by atoms with van der Waals surface area (Å²) in [6.45, 7) is 1.48. The molecule has 1 fully saturated rings. The monoisotopic (exact) mass is 354 g/mol. The molecule has 1 aliphatic rings. The van der Waals surface area contributed by atoms with Crippen LogP contribution < -0.4 is 19.5 Å². The van der Waals surface area contributed by atoms with Crippen LogP contribution in [-0.4, -0.2) is 41.8 Å². The van der Waals surface area contributed by atoms with Crippen molar-refractivity contribution in [3.05, 3.63) is 17.9 Å². The Labute approximate surface area is 135 Å². The predicted molar refractivity (Wildman–Crippen MR) is 83.0 cm³/mol. The van der Waals surface area contributed by atoms with E-state index >= 15 is 0 Å². The molecule has 126 valence electrons. The highest BCUT2D eigenvalue weighted by atomic mass is 35.5. The highest BCUT2D eigenvalue weighted by molar-refractivity contribution is 7.89. The van der Waals surface area contributed by atoms with Crippen LogP contribution in [0, 0.1) is 5.82 Å². The van der Waals surface area contributed by atoms with Gasteiger partial charge in [-0.05, 0) is 25.9 Å². The largest absolute Gasteiger partial charge is 0.493 e. The molecule has 0 atom stereocenters. The summed E-state index contributed by atoms with van der Waals surface area (Å²) < 4.78 is 51.2. The fraction of sp³-hybridized carbons (Fsp3) is 0.538. The minimum absolute atomic E-state index is 0. The zero-order valence-corrected chi connectivity index (χ0v) is 14.0. The van der Waals surface area contributed by atoms with Gasteiger partial charge in [-0.25, -0.2) is 17.5 Å². The average Bonchev–Trinajstić information content (AvgIpc) is 2.47. The fourth-order valence-electron chi connectivity index (χ4n) is 2.26. The lowest BCUT2D eigenvalue weighted by atomic mass is 10.1. The van der Waals surface area contributed by atoms with Gasteiger partial charge in [0.05, 0.1) is 14.2 Å². The third-order valence-corrected chi connectivity index (χ3v) is 4.92. The van der Waals surface area contributed by atoms with Crippen molar-refractivity contribution in [3.63, 3.8) is 0 Å². The lowest BCUT2D eigenvalue weighted by Gasteiger charge is -2.23. The molecule has 1 heterocycles. The number of nitrogens with one attached hydrogen (secondary N) is 2. The number of sulfonamides is 1. The van der Waals surface area contributed by atoms with Gasteiger partial charge in [-0.2, -0.15) is 0 Å². The first-order valence-electron chi connectivity index (χ1n) is 6.62. The maximum Gasteiger partial charge on any atom is 0.243 e. The maximum atomic E-state index is 14.0. The molecule has 0 amide bonds. The Morgan fingerprint density at radius 2 is 1.73 bits per heavy atom. The van der Waals surface area contributed by atoms with Crippen molar-refractivity contribution in [2.45, 2.75) is 23.8 Å². The summed E-state index contributed by atoms with van der Waals surface area (Å²) in [4.78, 5) is -0.432. The summed E-state index contributed by atoms with van der Waals surface area (Å²) in [6.07, 6.45) is 1.35. The molecule has 1 aromatic carbocycles. The summed E-state index contributed by atoms with van der Waals surface area (Å²) in [7, 11) is -1.21. The van der Waals surface area contributed by atoms with Crippen LogP contribution >= 0.6 is 12.4 Å². The van der Waals surface area contributed by atoms with E-state index in [4.69, 9.17) is 9.47 Å². The van der Waals surface area contributed by atoms with E-state index in [1.54, 1.807) is 0 Å². The Kier molecular flexibility index (Phi) is 6.86. The maximum absolute atomic E-state index is 14.0. The van der Waals surface area contributed by atoms with Crippen LogP contribution in [0.1, 0.15) is 12.8 Å². The third kappa shape index (κ3) is 4.22. The standard InChI is InChI=1S/C13H19FN2O4S.ClH/c1-19-11-7-10(14)13(8-12(11)20-2)21(17,18)16-9-3-5-15-6-4-9;/h7-9,15-16H,3-6H2,1-2H3;1H. The van der Waals surface area contributed by atoms with Gasteiger partial charge in [-0.15, -0.1) is 12.4 Å². The topological polar surface area (TPSA) is 76.7 Å². The zero-order chi connectivity index (χ0) is 15.5. The van der Waals surface area contributed by atoms with Crippen LogP contribution in [0.15, 0.2) is 17.0 Å². The van der Waals surface area contributed by atoms with Crippen LogP contribution in [0.4, 0.5) is 4.39 Å². The molecule has 2 rings (SSSR count). The average molecular weight is 355 g/mol. The zero-order valence-electron chi connectivity index (χ0n) is 12.4. The first-order chi connectivity index (χ1) is 9.97. The number of methoxy groups -OCH3 is 2. The SMILES string of the molecule is COc1cc(F)c(S(=O)(=O)NC2CCNCC2)cc1OC.Cl. The first kappa shape index (κ1) is 19.0. The summed E-state index contributed by atoms with van der Waals surface area (Å²) in [5.41, 5.74) is 0. The quantitative estimate of drug-likeness (QED) is 0.833. The van der Waals surface area contributed by atoms with Crippen LogP contribution in [0.2, 0.25) is 0 Å². The Bertz CT molecular complexity index is 606. The van der Waals surface area contributed by atoms with Crippen molar-refractivity contribution in [2.24, 2.45) is 0 Å². The molecule has 0 radical (unpaired) electrons. The minimum Gasteiger partial charge on any atom is -0.493 e. The molecule has 0 saturated carbocycles. The van der Waals surface area contributed by atoms with Crippen molar-refractivity contribution < 1.29 is 22.3 Å². The minimum atomic E-state index is -3.94. The Morgan fingerprint density at radius 3 is 2.27 bits per heavy atom. The van der Waals surface area contributed by atoms with Gasteiger partial charge in [0.2, 0.25) is 10.0 Å². The van der Waals surface area contributed by atoms with E-state index in [1.807, 2.05) is 0 Å². The number of rotatable bonds is 5. The Morgan fingerprint density at radius 1 is 1.18 bits per heavy atom. The van der Waals surface area contributed by atoms with Crippen LogP contribution in [-0.2, 0) is 10.0 Å². The van der Waals surface area contributed by atoms with Crippen LogP contribution in [0.25, 0.3) is 0 Å². The number of benzene rings is 1. The van der Waals surface area contributed by atoms with Crippen molar-refractivity contribution in [3.8, 4) is 11.5 Å². The van der Waals surface area contributed by atoms with E-state index in [9.17, 15) is 12.8 Å². The van der Waals surface area contributed by atoms with Gasteiger partial charge in [0.1, 0.15) is 10.7 Å². The van der Waals surface area contributed by atoms with Gasteiger partial charge < -0.3 is 14.8 Å². The highest BCUT2D eigenvalue weighted by Gasteiger charge is 2.26. The third-order valence-electron chi connectivity index (χ3n) is 3.39. The lowest BCUT2D eigenvalue weighted by Crippen LogP contribution is -2.42. The smallest absolute Gasteiger partial charge is 0.243 e. The van der Waals surface area contributed by atoms with E-state index < -0.39 is 20.7 Å². The van der Waals surface area contributed by atoms with E-state index in [-0.39, 0.29) is 29.9 Å². The molecule has 0 aliphatic carbocycles. The van der Waals surface area contributed by atoms with E-state index in [0.29, 0.717) is 12.8 Å². The molecule has 9 heteroatoms. The number of ether oxygens (including phenoxy) is 2. The van der Waals surface area contributed by atoms with Crippen molar-refractivity contribution in [2.75, 3.05) is 27.3 Å². The summed E-state index contributed by atoms with van der Waals surface area (Å²) >= 11 is 0. The lowest BCUT2D eigenvalue weighted by molar-refractivity contribution is 0.350. The normalized spacial score (nSPS) is 16.0. The van der Waals surface area contributed by atoms with E-state index in [2.05, 4.69) is 10.0 Å². The first-order valence-corrected chi connectivity index (χ1v) is 8.11. The molecule has 22 heavy (non-hydrogen) atoms. The Hall–Kier alpha value is -1.09. The van der Waals surface area contributed by atoms with Gasteiger partial charge >= 0.3 is 0 Å². The van der Waals surface area contributed by atoms with Gasteiger partial charge in [-0.1, -0.05) is 0 Å². The molecule has 1 saturated heterocycles. The van der Waals surface area contributed by atoms with Gasteiger partial charge in [0, 0.05) is 18.2 Å². The number of piperidine rings is 1. The van der Waals surface area contributed by atoms with Gasteiger partial charge in [-0.3, -0.25) is 0 Å². The summed E-state index contributed by atoms with van der Waals surface area (Å²) in [5.74, 6) is -0.547. The molecular formula is C13H20ClFN2O4S. The molecule has 0 unspecified atom stereocenters. The molecular weight excluding hydrogens is 335 g/mol. The van der Waals surface area contributed by atoms with Gasteiger partial charge in [0.15, 0.2) is 11.5 Å². The Balaban J connectivity index is 0.00000242.